The zero-order valence-corrected chi connectivity index (χ0v) is 8.05. The molecule has 3 N–H and O–H groups in total. The van der Waals surface area contributed by atoms with Crippen LogP contribution in [0.5, 0.6) is 0 Å². The van der Waals surface area contributed by atoms with Gasteiger partial charge >= 0.3 is 0 Å². The molecule has 1 aromatic heterocycles. The Hall–Kier alpha value is -0.510. The predicted molar refractivity (Wildman–Crippen MR) is 51.7 cm³/mol. The average Bonchev–Trinajstić information content (AvgIpc) is 2.84. The van der Waals surface area contributed by atoms with Crippen LogP contribution < -0.4 is 11.1 Å². The van der Waals surface area contributed by atoms with Gasteiger partial charge in [0.05, 0.1) is 6.04 Å². The molecule has 0 aliphatic heterocycles. The summed E-state index contributed by atoms with van der Waals surface area (Å²) in [5.74, 6) is 0.748. The minimum Gasteiger partial charge on any atom is -0.448 e. The molecule has 13 heavy (non-hydrogen) atoms. The molecule has 1 unspecified atom stereocenters. The van der Waals surface area contributed by atoms with Gasteiger partial charge in [0.2, 0.25) is 0 Å². The second kappa shape index (κ2) is 3.70. The minimum absolute atomic E-state index is 0.0897. The highest BCUT2D eigenvalue weighted by molar-refractivity contribution is 6.28. The fourth-order valence-electron chi connectivity index (χ4n) is 1.21. The van der Waals surface area contributed by atoms with Crippen LogP contribution in [0.3, 0.4) is 0 Å². The number of rotatable bonds is 4. The Morgan fingerprint density at radius 1 is 1.62 bits per heavy atom. The first-order valence-electron chi connectivity index (χ1n) is 4.50. The van der Waals surface area contributed by atoms with Crippen LogP contribution in [0.4, 0.5) is 0 Å². The van der Waals surface area contributed by atoms with Gasteiger partial charge in [-0.2, -0.15) is 0 Å². The highest BCUT2D eigenvalue weighted by atomic mass is 35.5. The van der Waals surface area contributed by atoms with Crippen LogP contribution in [0.25, 0.3) is 0 Å². The fraction of sp³-hybridized carbons (Fsp3) is 0.556. The zero-order chi connectivity index (χ0) is 9.26. The van der Waals surface area contributed by atoms with E-state index in [0.29, 0.717) is 11.3 Å². The molecule has 0 spiro atoms. The smallest absolute Gasteiger partial charge is 0.193 e. The lowest BCUT2D eigenvalue weighted by molar-refractivity contribution is 0.450. The maximum Gasteiger partial charge on any atom is 0.193 e. The number of nitrogens with one attached hydrogen (secondary N) is 1. The van der Waals surface area contributed by atoms with Gasteiger partial charge in [-0.25, -0.2) is 0 Å². The van der Waals surface area contributed by atoms with Crippen LogP contribution in [-0.2, 0) is 0 Å². The van der Waals surface area contributed by atoms with Crippen molar-refractivity contribution in [1.82, 2.24) is 5.32 Å². The van der Waals surface area contributed by atoms with Gasteiger partial charge in [-0.1, -0.05) is 0 Å². The molecule has 1 atom stereocenters. The van der Waals surface area contributed by atoms with E-state index in [-0.39, 0.29) is 6.04 Å². The first-order valence-corrected chi connectivity index (χ1v) is 4.87. The zero-order valence-electron chi connectivity index (χ0n) is 7.29. The largest absolute Gasteiger partial charge is 0.448 e. The molecule has 1 aromatic rings. The Bertz CT molecular complexity index is 283. The Labute approximate surface area is 82.2 Å². The summed E-state index contributed by atoms with van der Waals surface area (Å²) in [6, 6.07) is 4.12. The van der Waals surface area contributed by atoms with Crippen LogP contribution in [0.15, 0.2) is 16.5 Å². The normalized spacial score (nSPS) is 18.9. The maximum atomic E-state index is 5.87. The Balaban J connectivity index is 1.84. The van der Waals surface area contributed by atoms with E-state index in [0.717, 1.165) is 12.3 Å². The highest BCUT2D eigenvalue weighted by Gasteiger charge is 2.21. The van der Waals surface area contributed by atoms with Crippen molar-refractivity contribution < 1.29 is 4.42 Å². The van der Waals surface area contributed by atoms with Crippen LogP contribution >= 0.6 is 11.6 Å². The van der Waals surface area contributed by atoms with Crippen LogP contribution in [-0.4, -0.2) is 12.6 Å². The van der Waals surface area contributed by atoms with E-state index in [4.69, 9.17) is 21.8 Å². The molecular weight excluding hydrogens is 188 g/mol. The average molecular weight is 201 g/mol. The number of furan rings is 1. The molecule has 1 aliphatic carbocycles. The quantitative estimate of drug-likeness (QED) is 0.778. The summed E-state index contributed by atoms with van der Waals surface area (Å²) in [5, 5.41) is 3.74. The number of hydrogen-bond donors (Lipinski definition) is 2. The second-order valence-corrected chi connectivity index (χ2v) is 3.80. The molecule has 0 aromatic carbocycles. The second-order valence-electron chi connectivity index (χ2n) is 3.43. The molecule has 72 valence electrons. The van der Waals surface area contributed by atoms with Crippen molar-refractivity contribution in [3.63, 3.8) is 0 Å². The Morgan fingerprint density at radius 3 is 2.92 bits per heavy atom. The lowest BCUT2D eigenvalue weighted by atomic mass is 10.2. The van der Waals surface area contributed by atoms with Gasteiger partial charge in [0.15, 0.2) is 5.22 Å². The van der Waals surface area contributed by atoms with Gasteiger partial charge in [0.1, 0.15) is 5.76 Å². The van der Waals surface area contributed by atoms with Gasteiger partial charge in [-0.05, 0) is 36.6 Å². The van der Waals surface area contributed by atoms with Gasteiger partial charge in [-0.3, -0.25) is 0 Å². The van der Waals surface area contributed by atoms with Crippen molar-refractivity contribution in [1.29, 1.82) is 0 Å². The minimum atomic E-state index is -0.0897. The number of hydrogen-bond acceptors (Lipinski definition) is 3. The molecule has 0 bridgehead atoms. The summed E-state index contributed by atoms with van der Waals surface area (Å²) >= 11 is 5.64. The van der Waals surface area contributed by atoms with Crippen molar-refractivity contribution in [2.75, 3.05) is 6.54 Å². The van der Waals surface area contributed by atoms with E-state index in [9.17, 15) is 0 Å². The highest BCUT2D eigenvalue weighted by Crippen LogP contribution is 2.21. The Morgan fingerprint density at radius 2 is 2.38 bits per heavy atom. The molecule has 2 rings (SSSR count). The summed E-state index contributed by atoms with van der Waals surface area (Å²) in [6.45, 7) is 0.758. The summed E-state index contributed by atoms with van der Waals surface area (Å²) in [6.07, 6.45) is 2.54. The monoisotopic (exact) mass is 200 g/mol. The van der Waals surface area contributed by atoms with Crippen LogP contribution in [0.1, 0.15) is 24.6 Å². The first-order chi connectivity index (χ1) is 6.25. The molecule has 4 heteroatoms. The molecular formula is C9H13ClN2O. The van der Waals surface area contributed by atoms with E-state index in [1.54, 1.807) is 6.07 Å². The molecule has 1 heterocycles. The maximum absolute atomic E-state index is 5.87. The summed E-state index contributed by atoms with van der Waals surface area (Å²) in [4.78, 5) is 0. The van der Waals surface area contributed by atoms with Gasteiger partial charge in [-0.15, -0.1) is 0 Å². The van der Waals surface area contributed by atoms with Gasteiger partial charge in [0.25, 0.3) is 0 Å². The predicted octanol–water partition coefficient (Wildman–Crippen LogP) is 1.68. The summed E-state index contributed by atoms with van der Waals surface area (Å²) in [7, 11) is 0. The van der Waals surface area contributed by atoms with Crippen LogP contribution in [0, 0.1) is 0 Å². The Kier molecular flexibility index (Phi) is 2.58. The van der Waals surface area contributed by atoms with Crippen molar-refractivity contribution >= 4 is 11.6 Å². The lowest BCUT2D eigenvalue weighted by Crippen LogP contribution is -2.28. The molecule has 0 saturated heterocycles. The molecule has 1 aliphatic rings. The summed E-state index contributed by atoms with van der Waals surface area (Å²) < 4.78 is 5.20. The van der Waals surface area contributed by atoms with Crippen molar-refractivity contribution in [2.24, 2.45) is 5.73 Å². The molecule has 3 nitrogen and oxygen atoms in total. The van der Waals surface area contributed by atoms with E-state index in [1.807, 2.05) is 6.07 Å². The lowest BCUT2D eigenvalue weighted by Gasteiger charge is -2.08. The molecule has 1 fully saturated rings. The van der Waals surface area contributed by atoms with E-state index in [2.05, 4.69) is 5.32 Å². The molecule has 0 radical (unpaired) electrons. The van der Waals surface area contributed by atoms with E-state index >= 15 is 0 Å². The van der Waals surface area contributed by atoms with Gasteiger partial charge in [0, 0.05) is 12.6 Å². The van der Waals surface area contributed by atoms with Gasteiger partial charge < -0.3 is 15.5 Å². The first kappa shape index (κ1) is 9.06. The van der Waals surface area contributed by atoms with E-state index < -0.39 is 0 Å². The van der Waals surface area contributed by atoms with Crippen molar-refractivity contribution in [2.45, 2.75) is 24.9 Å². The third-order valence-electron chi connectivity index (χ3n) is 2.16. The third kappa shape index (κ3) is 2.46. The standard InChI is InChI=1S/C9H13ClN2O/c10-9-4-3-8(13-9)7(11)5-12-6-1-2-6/h3-4,6-7,12H,1-2,5,11H2. The number of halogens is 1. The number of nitrogens with two attached hydrogens (primary N) is 1. The van der Waals surface area contributed by atoms with Crippen molar-refractivity contribution in [3.05, 3.63) is 23.1 Å². The molecule has 1 saturated carbocycles. The summed E-state index contributed by atoms with van der Waals surface area (Å²) in [5.41, 5.74) is 5.87. The van der Waals surface area contributed by atoms with E-state index in [1.165, 1.54) is 12.8 Å². The third-order valence-corrected chi connectivity index (χ3v) is 2.37. The van der Waals surface area contributed by atoms with Crippen LogP contribution in [0.2, 0.25) is 5.22 Å². The van der Waals surface area contributed by atoms with Crippen molar-refractivity contribution in [3.8, 4) is 0 Å². The molecule has 0 amide bonds. The topological polar surface area (TPSA) is 51.2 Å². The fourth-order valence-corrected chi connectivity index (χ4v) is 1.36. The SMILES string of the molecule is NC(CNC1CC1)c1ccc(Cl)o1.